The quantitative estimate of drug-likeness (QED) is 0.858. The highest BCUT2D eigenvalue weighted by atomic mass is 16.7. The van der Waals surface area contributed by atoms with Gasteiger partial charge < -0.3 is 19.6 Å². The van der Waals surface area contributed by atoms with Crippen molar-refractivity contribution in [2.45, 2.75) is 12.8 Å². The van der Waals surface area contributed by atoms with Crippen LogP contribution in [-0.4, -0.2) is 13.3 Å². The van der Waals surface area contributed by atoms with Crippen LogP contribution in [0.4, 0.5) is 0 Å². The third-order valence-corrected chi connectivity index (χ3v) is 2.80. The maximum absolute atomic E-state index is 5.52. The summed E-state index contributed by atoms with van der Waals surface area (Å²) in [5.41, 5.74) is 7.54. The molecule has 2 N–H and O–H groups in total. The first-order valence-electron chi connectivity index (χ1n) is 5.39. The molecular formula is C12H13NO3. The van der Waals surface area contributed by atoms with Crippen molar-refractivity contribution < 1.29 is 13.9 Å². The molecule has 0 radical (unpaired) electrons. The van der Waals surface area contributed by atoms with Crippen molar-refractivity contribution in [2.24, 2.45) is 5.73 Å². The Morgan fingerprint density at radius 2 is 2.25 bits per heavy atom. The SMILES string of the molecule is NCCCc1cc2c(c3ccoc13)OCO2. The van der Waals surface area contributed by atoms with Gasteiger partial charge in [-0.05, 0) is 37.1 Å². The molecule has 0 atom stereocenters. The highest BCUT2D eigenvalue weighted by Crippen LogP contribution is 2.41. The van der Waals surface area contributed by atoms with E-state index < -0.39 is 0 Å². The average Bonchev–Trinajstić information content (AvgIpc) is 2.92. The molecule has 1 aromatic heterocycles. The molecule has 0 unspecified atom stereocenters. The number of benzene rings is 1. The highest BCUT2D eigenvalue weighted by Gasteiger charge is 2.20. The predicted molar refractivity (Wildman–Crippen MR) is 59.7 cm³/mol. The second-order valence-corrected chi connectivity index (χ2v) is 3.83. The van der Waals surface area contributed by atoms with Crippen LogP contribution in [0.5, 0.6) is 11.5 Å². The summed E-state index contributed by atoms with van der Waals surface area (Å²) >= 11 is 0. The molecule has 1 aliphatic rings. The average molecular weight is 219 g/mol. The first kappa shape index (κ1) is 9.54. The number of hydrogen-bond acceptors (Lipinski definition) is 4. The van der Waals surface area contributed by atoms with Gasteiger partial charge in [-0.25, -0.2) is 0 Å². The molecule has 1 aliphatic heterocycles. The molecule has 0 fully saturated rings. The molecule has 3 rings (SSSR count). The third-order valence-electron chi connectivity index (χ3n) is 2.80. The van der Waals surface area contributed by atoms with E-state index in [4.69, 9.17) is 19.6 Å². The van der Waals surface area contributed by atoms with E-state index in [0.717, 1.165) is 40.9 Å². The lowest BCUT2D eigenvalue weighted by Gasteiger charge is -2.04. The minimum Gasteiger partial charge on any atom is -0.464 e. The summed E-state index contributed by atoms with van der Waals surface area (Å²) in [6.45, 7) is 0.965. The van der Waals surface area contributed by atoms with Crippen LogP contribution in [0.2, 0.25) is 0 Å². The smallest absolute Gasteiger partial charge is 0.231 e. The van der Waals surface area contributed by atoms with Gasteiger partial charge in [-0.2, -0.15) is 0 Å². The number of furan rings is 1. The van der Waals surface area contributed by atoms with E-state index in [1.165, 1.54) is 0 Å². The molecule has 16 heavy (non-hydrogen) atoms. The molecule has 0 bridgehead atoms. The van der Waals surface area contributed by atoms with Crippen molar-refractivity contribution >= 4 is 11.0 Å². The zero-order chi connectivity index (χ0) is 11.0. The van der Waals surface area contributed by atoms with Gasteiger partial charge in [-0.15, -0.1) is 0 Å². The van der Waals surface area contributed by atoms with Crippen LogP contribution in [0, 0.1) is 0 Å². The maximum Gasteiger partial charge on any atom is 0.231 e. The van der Waals surface area contributed by atoms with Gasteiger partial charge >= 0.3 is 0 Å². The summed E-state index contributed by atoms with van der Waals surface area (Å²) in [5, 5.41) is 0.988. The molecule has 0 aliphatic carbocycles. The van der Waals surface area contributed by atoms with Crippen LogP contribution < -0.4 is 15.2 Å². The molecule has 0 spiro atoms. The largest absolute Gasteiger partial charge is 0.464 e. The van der Waals surface area contributed by atoms with Crippen molar-refractivity contribution in [3.8, 4) is 11.5 Å². The highest BCUT2D eigenvalue weighted by molar-refractivity contribution is 5.90. The van der Waals surface area contributed by atoms with E-state index in [9.17, 15) is 0 Å². The third kappa shape index (κ3) is 1.34. The van der Waals surface area contributed by atoms with Crippen LogP contribution in [0.1, 0.15) is 12.0 Å². The molecule has 84 valence electrons. The molecule has 4 heteroatoms. The molecule has 4 nitrogen and oxygen atoms in total. The van der Waals surface area contributed by atoms with Crippen LogP contribution in [-0.2, 0) is 6.42 Å². The Bertz CT molecular complexity index is 518. The Morgan fingerprint density at radius 3 is 3.12 bits per heavy atom. The Labute approximate surface area is 92.9 Å². The Kier molecular flexibility index (Phi) is 2.22. The summed E-state index contributed by atoms with van der Waals surface area (Å²) < 4.78 is 16.3. The van der Waals surface area contributed by atoms with E-state index in [-0.39, 0.29) is 6.79 Å². The van der Waals surface area contributed by atoms with Crippen molar-refractivity contribution in [3.05, 3.63) is 24.0 Å². The number of rotatable bonds is 3. The number of nitrogens with two attached hydrogens (primary N) is 1. The summed E-state index contributed by atoms with van der Waals surface area (Å²) in [6.07, 6.45) is 3.52. The number of fused-ring (bicyclic) bond motifs is 3. The van der Waals surface area contributed by atoms with Crippen LogP contribution in [0.3, 0.4) is 0 Å². The van der Waals surface area contributed by atoms with Crippen molar-refractivity contribution in [2.75, 3.05) is 13.3 Å². The van der Waals surface area contributed by atoms with Gasteiger partial charge in [0.1, 0.15) is 5.58 Å². The number of ether oxygens (including phenoxy) is 2. The van der Waals surface area contributed by atoms with Gasteiger partial charge in [0.15, 0.2) is 11.5 Å². The Balaban J connectivity index is 2.14. The summed E-state index contributed by atoms with van der Waals surface area (Å²) in [7, 11) is 0. The minimum atomic E-state index is 0.288. The van der Waals surface area contributed by atoms with E-state index in [0.29, 0.717) is 6.54 Å². The fraction of sp³-hybridized carbons (Fsp3) is 0.333. The minimum absolute atomic E-state index is 0.288. The summed E-state index contributed by atoms with van der Waals surface area (Å²) in [4.78, 5) is 0. The van der Waals surface area contributed by atoms with Gasteiger partial charge in [0.25, 0.3) is 0 Å². The van der Waals surface area contributed by atoms with Gasteiger partial charge in [0, 0.05) is 0 Å². The molecule has 0 saturated heterocycles. The zero-order valence-electron chi connectivity index (χ0n) is 8.86. The van der Waals surface area contributed by atoms with E-state index in [1.54, 1.807) is 6.26 Å². The Hall–Kier alpha value is -1.68. The number of hydrogen-bond donors (Lipinski definition) is 1. The molecule has 2 heterocycles. The first-order valence-corrected chi connectivity index (χ1v) is 5.39. The monoisotopic (exact) mass is 219 g/mol. The fourth-order valence-electron chi connectivity index (χ4n) is 2.04. The molecular weight excluding hydrogens is 206 g/mol. The lowest BCUT2D eigenvalue weighted by molar-refractivity contribution is 0.175. The first-order chi connectivity index (χ1) is 7.90. The van der Waals surface area contributed by atoms with Crippen molar-refractivity contribution in [1.29, 1.82) is 0 Å². The van der Waals surface area contributed by atoms with Gasteiger partial charge in [0.2, 0.25) is 6.79 Å². The lowest BCUT2D eigenvalue weighted by atomic mass is 10.1. The lowest BCUT2D eigenvalue weighted by Crippen LogP contribution is -2.00. The Morgan fingerprint density at radius 1 is 1.31 bits per heavy atom. The molecule has 0 saturated carbocycles. The summed E-state index contributed by atoms with van der Waals surface area (Å²) in [5.74, 6) is 1.60. The molecule has 0 amide bonds. The van der Waals surface area contributed by atoms with Crippen LogP contribution in [0.25, 0.3) is 11.0 Å². The van der Waals surface area contributed by atoms with E-state index in [2.05, 4.69) is 0 Å². The number of aryl methyl sites for hydroxylation is 1. The normalized spacial score (nSPS) is 13.6. The molecule has 1 aromatic carbocycles. The van der Waals surface area contributed by atoms with E-state index in [1.807, 2.05) is 12.1 Å². The van der Waals surface area contributed by atoms with Crippen LogP contribution >= 0.6 is 0 Å². The standard InChI is InChI=1S/C12H13NO3/c13-4-1-2-8-6-10-12(16-7-15-10)9-3-5-14-11(8)9/h3,5-6H,1-2,4,7,13H2. The zero-order valence-corrected chi connectivity index (χ0v) is 8.86. The van der Waals surface area contributed by atoms with Gasteiger partial charge in [0.05, 0.1) is 11.6 Å². The van der Waals surface area contributed by atoms with E-state index >= 15 is 0 Å². The van der Waals surface area contributed by atoms with Crippen molar-refractivity contribution in [3.63, 3.8) is 0 Å². The predicted octanol–water partition coefficient (Wildman–Crippen LogP) is 2.05. The van der Waals surface area contributed by atoms with Gasteiger partial charge in [-0.3, -0.25) is 0 Å². The fourth-order valence-corrected chi connectivity index (χ4v) is 2.04. The summed E-state index contributed by atoms with van der Waals surface area (Å²) in [6, 6.07) is 3.90. The topological polar surface area (TPSA) is 57.6 Å². The second kappa shape index (κ2) is 3.72. The van der Waals surface area contributed by atoms with Crippen molar-refractivity contribution in [1.82, 2.24) is 0 Å². The molecule has 2 aromatic rings. The van der Waals surface area contributed by atoms with Gasteiger partial charge in [-0.1, -0.05) is 0 Å². The second-order valence-electron chi connectivity index (χ2n) is 3.83. The maximum atomic E-state index is 5.52. The van der Waals surface area contributed by atoms with Crippen LogP contribution in [0.15, 0.2) is 22.8 Å².